The van der Waals surface area contributed by atoms with Gasteiger partial charge in [0.2, 0.25) is 11.8 Å². The number of aromatic nitrogens is 2. The lowest BCUT2D eigenvalue weighted by Crippen LogP contribution is -2.25. The summed E-state index contributed by atoms with van der Waals surface area (Å²) >= 11 is 0. The van der Waals surface area contributed by atoms with Crippen LogP contribution in [0.5, 0.6) is 0 Å². The number of Topliss-reactive ketones (excluding diaryl/α,β-unsaturated/α-hetero) is 1. The molecule has 0 saturated heterocycles. The van der Waals surface area contributed by atoms with Crippen molar-refractivity contribution in [2.24, 2.45) is 13.0 Å². The van der Waals surface area contributed by atoms with Crippen LogP contribution in [0.25, 0.3) is 0 Å². The number of nitrogens with zero attached hydrogens (tertiary/aromatic N) is 2. The maximum Gasteiger partial charge on any atom is 0.232 e. The van der Waals surface area contributed by atoms with E-state index in [0.717, 1.165) is 25.7 Å². The number of benzene rings is 1. The van der Waals surface area contributed by atoms with Gasteiger partial charge >= 0.3 is 0 Å². The molecule has 148 valence electrons. The van der Waals surface area contributed by atoms with Gasteiger partial charge in [0, 0.05) is 30.4 Å². The fourth-order valence-corrected chi connectivity index (χ4v) is 3.32. The smallest absolute Gasteiger partial charge is 0.232 e. The quantitative estimate of drug-likeness (QED) is 0.402. The van der Waals surface area contributed by atoms with Gasteiger partial charge in [0.1, 0.15) is 11.5 Å². The van der Waals surface area contributed by atoms with Crippen molar-refractivity contribution in [3.63, 3.8) is 0 Å². The molecule has 8 nitrogen and oxygen atoms in total. The van der Waals surface area contributed by atoms with E-state index in [4.69, 9.17) is 5.73 Å². The molecule has 1 aromatic heterocycles. The SMILES string of the molecule is Cn1nc(C(=O)CC(=O)Nc2ccc(N)cc2)cc1NC(=O)C1CCCCC1. The highest BCUT2D eigenvalue weighted by atomic mass is 16.2. The Balaban J connectivity index is 1.58. The molecule has 0 aliphatic heterocycles. The average Bonchev–Trinajstić information content (AvgIpc) is 3.05. The third-order valence-electron chi connectivity index (χ3n) is 4.91. The van der Waals surface area contributed by atoms with E-state index in [2.05, 4.69) is 15.7 Å². The van der Waals surface area contributed by atoms with Crippen LogP contribution >= 0.6 is 0 Å². The Morgan fingerprint density at radius 3 is 2.46 bits per heavy atom. The van der Waals surface area contributed by atoms with Gasteiger partial charge in [-0.3, -0.25) is 19.1 Å². The van der Waals surface area contributed by atoms with Crippen molar-refractivity contribution < 1.29 is 14.4 Å². The predicted octanol–water partition coefficient (Wildman–Crippen LogP) is 2.73. The van der Waals surface area contributed by atoms with Crippen molar-refractivity contribution >= 4 is 34.8 Å². The van der Waals surface area contributed by atoms with Crippen LogP contribution in [0.4, 0.5) is 17.2 Å². The Morgan fingerprint density at radius 2 is 1.79 bits per heavy atom. The van der Waals surface area contributed by atoms with Crippen LogP contribution in [0.15, 0.2) is 30.3 Å². The highest BCUT2D eigenvalue weighted by Crippen LogP contribution is 2.25. The van der Waals surface area contributed by atoms with E-state index >= 15 is 0 Å². The molecule has 0 spiro atoms. The van der Waals surface area contributed by atoms with Crippen LogP contribution < -0.4 is 16.4 Å². The second-order valence-corrected chi connectivity index (χ2v) is 7.13. The maximum atomic E-state index is 12.4. The molecule has 4 N–H and O–H groups in total. The molecule has 1 fully saturated rings. The van der Waals surface area contributed by atoms with E-state index in [1.165, 1.54) is 17.2 Å². The Bertz CT molecular complexity index is 866. The number of aryl methyl sites for hydroxylation is 1. The van der Waals surface area contributed by atoms with Gasteiger partial charge in [0.25, 0.3) is 0 Å². The molecule has 3 rings (SSSR count). The third-order valence-corrected chi connectivity index (χ3v) is 4.91. The highest BCUT2D eigenvalue weighted by Gasteiger charge is 2.23. The molecule has 1 heterocycles. The second kappa shape index (κ2) is 8.69. The number of carbonyl (C=O) groups excluding carboxylic acids is 3. The van der Waals surface area contributed by atoms with Crippen molar-refractivity contribution in [1.82, 2.24) is 9.78 Å². The number of rotatable bonds is 6. The number of carbonyl (C=O) groups is 3. The molecule has 8 heteroatoms. The molecule has 28 heavy (non-hydrogen) atoms. The maximum absolute atomic E-state index is 12.4. The number of hydrogen-bond donors (Lipinski definition) is 3. The zero-order chi connectivity index (χ0) is 20.1. The van der Waals surface area contributed by atoms with E-state index in [0.29, 0.717) is 17.2 Å². The van der Waals surface area contributed by atoms with Crippen LogP contribution in [-0.4, -0.2) is 27.4 Å². The van der Waals surface area contributed by atoms with Crippen LogP contribution in [0.3, 0.4) is 0 Å². The number of nitrogens with one attached hydrogen (secondary N) is 2. The first-order chi connectivity index (χ1) is 13.4. The molecule has 0 bridgehead atoms. The van der Waals surface area contributed by atoms with Gasteiger partial charge in [0.15, 0.2) is 5.78 Å². The summed E-state index contributed by atoms with van der Waals surface area (Å²) in [6.07, 6.45) is 4.75. The van der Waals surface area contributed by atoms with Crippen LogP contribution in [0.1, 0.15) is 49.0 Å². The molecular weight excluding hydrogens is 358 g/mol. The topological polar surface area (TPSA) is 119 Å². The number of anilines is 3. The highest BCUT2D eigenvalue weighted by molar-refractivity contribution is 6.10. The first-order valence-corrected chi connectivity index (χ1v) is 9.46. The Labute approximate surface area is 163 Å². The summed E-state index contributed by atoms with van der Waals surface area (Å²) in [5.74, 6) is -0.427. The molecule has 0 unspecified atom stereocenters. The number of amides is 2. The summed E-state index contributed by atoms with van der Waals surface area (Å²) < 4.78 is 1.45. The lowest BCUT2D eigenvalue weighted by atomic mass is 9.89. The summed E-state index contributed by atoms with van der Waals surface area (Å²) in [4.78, 5) is 36.9. The number of nitrogen functional groups attached to an aromatic ring is 1. The van der Waals surface area contributed by atoms with Crippen molar-refractivity contribution in [2.45, 2.75) is 38.5 Å². The molecule has 1 saturated carbocycles. The Morgan fingerprint density at radius 1 is 1.11 bits per heavy atom. The summed E-state index contributed by atoms with van der Waals surface area (Å²) in [5.41, 5.74) is 6.90. The summed E-state index contributed by atoms with van der Waals surface area (Å²) in [7, 11) is 1.65. The van der Waals surface area contributed by atoms with E-state index in [1.807, 2.05) is 0 Å². The lowest BCUT2D eigenvalue weighted by Gasteiger charge is -2.20. The van der Waals surface area contributed by atoms with Gasteiger partial charge in [-0.05, 0) is 37.1 Å². The number of nitrogens with two attached hydrogens (primary N) is 1. The van der Waals surface area contributed by atoms with Crippen molar-refractivity contribution in [3.8, 4) is 0 Å². The minimum Gasteiger partial charge on any atom is -0.399 e. The minimum atomic E-state index is -0.437. The van der Waals surface area contributed by atoms with Gasteiger partial charge in [-0.2, -0.15) is 5.10 Å². The second-order valence-electron chi connectivity index (χ2n) is 7.13. The first kappa shape index (κ1) is 19.6. The average molecular weight is 383 g/mol. The standard InChI is InChI=1S/C20H25N5O3/c1-25-18(23-20(28)13-5-3-2-4-6-13)11-16(24-25)17(26)12-19(27)22-15-9-7-14(21)8-10-15/h7-11,13H,2-6,12,21H2,1H3,(H,22,27)(H,23,28). The molecule has 2 amide bonds. The number of ketones is 1. The van der Waals surface area contributed by atoms with Gasteiger partial charge < -0.3 is 16.4 Å². The summed E-state index contributed by atoms with van der Waals surface area (Å²) in [6.45, 7) is 0. The fraction of sp³-hybridized carbons (Fsp3) is 0.400. The molecule has 1 aromatic carbocycles. The van der Waals surface area contributed by atoms with Gasteiger partial charge in [-0.15, -0.1) is 0 Å². The van der Waals surface area contributed by atoms with E-state index in [1.54, 1.807) is 31.3 Å². The van der Waals surface area contributed by atoms with Crippen molar-refractivity contribution in [1.29, 1.82) is 0 Å². The largest absolute Gasteiger partial charge is 0.399 e. The normalized spacial score (nSPS) is 14.5. The molecule has 1 aliphatic carbocycles. The van der Waals surface area contributed by atoms with E-state index in [-0.39, 0.29) is 23.9 Å². The van der Waals surface area contributed by atoms with Gasteiger partial charge in [-0.25, -0.2) is 0 Å². The monoisotopic (exact) mass is 383 g/mol. The van der Waals surface area contributed by atoms with Gasteiger partial charge in [0.05, 0.1) is 6.42 Å². The van der Waals surface area contributed by atoms with Crippen molar-refractivity contribution in [3.05, 3.63) is 36.0 Å². The van der Waals surface area contributed by atoms with Gasteiger partial charge in [-0.1, -0.05) is 19.3 Å². The molecule has 2 aromatic rings. The molecule has 0 radical (unpaired) electrons. The lowest BCUT2D eigenvalue weighted by molar-refractivity contribution is -0.120. The molecule has 0 atom stereocenters. The summed E-state index contributed by atoms with van der Waals surface area (Å²) in [5, 5.41) is 9.63. The van der Waals surface area contributed by atoms with Crippen LogP contribution in [0, 0.1) is 5.92 Å². The predicted molar refractivity (Wildman–Crippen MR) is 107 cm³/mol. The summed E-state index contributed by atoms with van der Waals surface area (Å²) in [6, 6.07) is 8.17. The minimum absolute atomic E-state index is 0.00786. The first-order valence-electron chi connectivity index (χ1n) is 9.46. The molecule has 1 aliphatic rings. The molecular formula is C20H25N5O3. The fourth-order valence-electron chi connectivity index (χ4n) is 3.32. The number of hydrogen-bond acceptors (Lipinski definition) is 5. The van der Waals surface area contributed by atoms with Crippen molar-refractivity contribution in [2.75, 3.05) is 16.4 Å². The van der Waals surface area contributed by atoms with E-state index < -0.39 is 11.7 Å². The van der Waals surface area contributed by atoms with Crippen LogP contribution in [0.2, 0.25) is 0 Å². The van der Waals surface area contributed by atoms with Crippen LogP contribution in [-0.2, 0) is 16.6 Å². The zero-order valence-corrected chi connectivity index (χ0v) is 15.9. The Kier molecular flexibility index (Phi) is 6.08. The Hall–Kier alpha value is -3.16. The zero-order valence-electron chi connectivity index (χ0n) is 15.9. The van der Waals surface area contributed by atoms with E-state index in [9.17, 15) is 14.4 Å². The third kappa shape index (κ3) is 4.97.